The molecule has 0 amide bonds. The second-order valence-corrected chi connectivity index (χ2v) is 4.37. The molecule has 1 aromatic heterocycles. The van der Waals surface area contributed by atoms with E-state index in [1.807, 2.05) is 12.4 Å². The van der Waals surface area contributed by atoms with E-state index in [0.717, 1.165) is 0 Å². The van der Waals surface area contributed by atoms with Crippen molar-refractivity contribution >= 4 is 0 Å². The van der Waals surface area contributed by atoms with Crippen molar-refractivity contribution in [3.05, 3.63) is 18.0 Å². The molecule has 1 saturated heterocycles. The Morgan fingerprint density at radius 2 is 2.36 bits per heavy atom. The highest BCUT2D eigenvalue weighted by Gasteiger charge is 2.26. The zero-order chi connectivity index (χ0) is 9.97. The fraction of sp³-hybridized carbons (Fsp3) is 0.727. The minimum absolute atomic E-state index is 0.586. The van der Waals surface area contributed by atoms with Gasteiger partial charge in [-0.3, -0.25) is 10.00 Å². The molecule has 1 atom stereocenters. The first kappa shape index (κ1) is 9.71. The summed E-state index contributed by atoms with van der Waals surface area (Å²) in [5.41, 5.74) is 1.35. The third-order valence-corrected chi connectivity index (χ3v) is 3.11. The molecular formula is C11H19N3. The van der Waals surface area contributed by atoms with Gasteiger partial charge in [-0.2, -0.15) is 5.10 Å². The summed E-state index contributed by atoms with van der Waals surface area (Å²) >= 11 is 0. The molecule has 2 rings (SSSR count). The van der Waals surface area contributed by atoms with Crippen LogP contribution in [-0.4, -0.2) is 27.7 Å². The van der Waals surface area contributed by atoms with Crippen LogP contribution in [0.5, 0.6) is 0 Å². The van der Waals surface area contributed by atoms with Gasteiger partial charge in [0.2, 0.25) is 0 Å². The first-order chi connectivity index (χ1) is 6.79. The van der Waals surface area contributed by atoms with Crippen LogP contribution < -0.4 is 0 Å². The van der Waals surface area contributed by atoms with E-state index in [2.05, 4.69) is 28.9 Å². The van der Waals surface area contributed by atoms with Crippen molar-refractivity contribution in [2.24, 2.45) is 0 Å². The number of aromatic amines is 1. The number of nitrogens with zero attached hydrogens (tertiary/aromatic N) is 2. The summed E-state index contributed by atoms with van der Waals surface area (Å²) in [5.74, 6) is 0. The molecule has 0 radical (unpaired) electrons. The van der Waals surface area contributed by atoms with Crippen molar-refractivity contribution in [1.82, 2.24) is 15.1 Å². The van der Waals surface area contributed by atoms with Gasteiger partial charge < -0.3 is 0 Å². The Morgan fingerprint density at radius 1 is 1.50 bits per heavy atom. The third-order valence-electron chi connectivity index (χ3n) is 3.11. The maximum atomic E-state index is 4.04. The van der Waals surface area contributed by atoms with Crippen molar-refractivity contribution in [3.63, 3.8) is 0 Å². The summed E-state index contributed by atoms with van der Waals surface area (Å²) in [5, 5.41) is 6.95. The van der Waals surface area contributed by atoms with Crippen molar-refractivity contribution in [2.45, 2.75) is 45.2 Å². The number of likely N-dealkylation sites (tertiary alicyclic amines) is 1. The van der Waals surface area contributed by atoms with Gasteiger partial charge in [0.25, 0.3) is 0 Å². The zero-order valence-electron chi connectivity index (χ0n) is 9.03. The van der Waals surface area contributed by atoms with Crippen LogP contribution in [0.15, 0.2) is 12.4 Å². The minimum atomic E-state index is 0.586. The summed E-state index contributed by atoms with van der Waals surface area (Å²) in [6.45, 7) is 5.78. The molecule has 1 N–H and O–H groups in total. The summed E-state index contributed by atoms with van der Waals surface area (Å²) in [4.78, 5) is 2.58. The maximum absolute atomic E-state index is 4.04. The van der Waals surface area contributed by atoms with Gasteiger partial charge in [-0.1, -0.05) is 6.42 Å². The highest BCUT2D eigenvalue weighted by atomic mass is 15.2. The molecule has 0 spiro atoms. The molecule has 3 heteroatoms. The van der Waals surface area contributed by atoms with Crippen LogP contribution in [-0.2, 0) is 0 Å². The summed E-state index contributed by atoms with van der Waals surface area (Å²) in [7, 11) is 0. The molecule has 14 heavy (non-hydrogen) atoms. The number of hydrogen-bond acceptors (Lipinski definition) is 2. The summed E-state index contributed by atoms with van der Waals surface area (Å²) in [6.07, 6.45) is 7.96. The van der Waals surface area contributed by atoms with E-state index in [-0.39, 0.29) is 0 Å². The lowest BCUT2D eigenvalue weighted by Gasteiger charge is -2.38. The van der Waals surface area contributed by atoms with Crippen molar-refractivity contribution in [2.75, 3.05) is 6.54 Å². The van der Waals surface area contributed by atoms with Gasteiger partial charge in [-0.15, -0.1) is 0 Å². The Labute approximate surface area is 85.5 Å². The number of hydrogen-bond donors (Lipinski definition) is 1. The van der Waals surface area contributed by atoms with Gasteiger partial charge in [-0.05, 0) is 33.2 Å². The van der Waals surface area contributed by atoms with E-state index in [1.54, 1.807) is 0 Å². The molecule has 1 aliphatic heterocycles. The Morgan fingerprint density at radius 3 is 3.00 bits per heavy atom. The summed E-state index contributed by atoms with van der Waals surface area (Å²) in [6, 6.07) is 1.22. The van der Waals surface area contributed by atoms with Gasteiger partial charge >= 0.3 is 0 Å². The van der Waals surface area contributed by atoms with Crippen LogP contribution in [0.1, 0.15) is 44.7 Å². The van der Waals surface area contributed by atoms with Crippen molar-refractivity contribution in [1.29, 1.82) is 0 Å². The van der Waals surface area contributed by atoms with Crippen molar-refractivity contribution < 1.29 is 0 Å². The second-order valence-electron chi connectivity index (χ2n) is 4.37. The molecule has 0 saturated carbocycles. The van der Waals surface area contributed by atoms with Crippen LogP contribution in [0.2, 0.25) is 0 Å². The summed E-state index contributed by atoms with van der Waals surface area (Å²) < 4.78 is 0. The van der Waals surface area contributed by atoms with Crippen molar-refractivity contribution in [3.8, 4) is 0 Å². The first-order valence-electron chi connectivity index (χ1n) is 5.53. The predicted octanol–water partition coefficient (Wildman–Crippen LogP) is 2.35. The fourth-order valence-corrected chi connectivity index (χ4v) is 2.37. The Kier molecular flexibility index (Phi) is 2.87. The predicted molar refractivity (Wildman–Crippen MR) is 57.0 cm³/mol. The highest BCUT2D eigenvalue weighted by Crippen LogP contribution is 2.31. The molecule has 0 aliphatic carbocycles. The van der Waals surface area contributed by atoms with Gasteiger partial charge in [0.1, 0.15) is 0 Å². The molecule has 1 aromatic rings. The van der Waals surface area contributed by atoms with E-state index in [1.165, 1.54) is 31.4 Å². The molecule has 1 aliphatic rings. The van der Waals surface area contributed by atoms with Gasteiger partial charge in [0, 0.05) is 23.8 Å². The topological polar surface area (TPSA) is 31.9 Å². The molecule has 0 aromatic carbocycles. The van der Waals surface area contributed by atoms with Gasteiger partial charge in [0.15, 0.2) is 0 Å². The smallest absolute Gasteiger partial charge is 0.0535 e. The lowest BCUT2D eigenvalue weighted by molar-refractivity contribution is 0.112. The highest BCUT2D eigenvalue weighted by molar-refractivity contribution is 5.10. The number of aromatic nitrogens is 2. The standard InChI is InChI=1S/C11H19N3/c1-9(2)14-6-4-3-5-11(14)10-7-12-13-8-10/h7-9,11H,3-6H2,1-2H3,(H,12,13)/t11-/m1/s1. The molecule has 3 nitrogen and oxygen atoms in total. The molecule has 78 valence electrons. The Hall–Kier alpha value is -0.830. The normalized spacial score (nSPS) is 24.4. The molecule has 0 unspecified atom stereocenters. The maximum Gasteiger partial charge on any atom is 0.0535 e. The zero-order valence-corrected chi connectivity index (χ0v) is 9.03. The number of piperidine rings is 1. The van der Waals surface area contributed by atoms with E-state index in [9.17, 15) is 0 Å². The largest absolute Gasteiger partial charge is 0.294 e. The fourth-order valence-electron chi connectivity index (χ4n) is 2.37. The van der Waals surface area contributed by atoms with E-state index < -0.39 is 0 Å². The van der Waals surface area contributed by atoms with E-state index in [4.69, 9.17) is 0 Å². The van der Waals surface area contributed by atoms with Crippen LogP contribution in [0, 0.1) is 0 Å². The minimum Gasteiger partial charge on any atom is -0.294 e. The molecule has 2 heterocycles. The molecule has 1 fully saturated rings. The lowest BCUT2D eigenvalue weighted by atomic mass is 9.96. The average molecular weight is 193 g/mol. The SMILES string of the molecule is CC(C)N1CCCC[C@@H]1c1cn[nH]c1. The van der Waals surface area contributed by atoms with E-state index >= 15 is 0 Å². The first-order valence-corrected chi connectivity index (χ1v) is 5.53. The average Bonchev–Trinajstić information content (AvgIpc) is 2.70. The molecule has 0 bridgehead atoms. The number of nitrogens with one attached hydrogen (secondary N) is 1. The van der Waals surface area contributed by atoms with E-state index in [0.29, 0.717) is 12.1 Å². The van der Waals surface area contributed by atoms with Gasteiger partial charge in [0.05, 0.1) is 6.20 Å². The van der Waals surface area contributed by atoms with Crippen LogP contribution in [0.4, 0.5) is 0 Å². The number of rotatable bonds is 2. The van der Waals surface area contributed by atoms with Crippen LogP contribution in [0.3, 0.4) is 0 Å². The quantitative estimate of drug-likeness (QED) is 0.781. The number of H-pyrrole nitrogens is 1. The molecular weight excluding hydrogens is 174 g/mol. The van der Waals surface area contributed by atoms with Crippen LogP contribution >= 0.6 is 0 Å². The Bertz CT molecular complexity index is 266. The third kappa shape index (κ3) is 1.82. The monoisotopic (exact) mass is 193 g/mol. The lowest BCUT2D eigenvalue weighted by Crippen LogP contribution is -2.38. The van der Waals surface area contributed by atoms with Crippen LogP contribution in [0.25, 0.3) is 0 Å². The Balaban J connectivity index is 2.14. The second kappa shape index (κ2) is 4.13. The van der Waals surface area contributed by atoms with Gasteiger partial charge in [-0.25, -0.2) is 0 Å².